The largest absolute Gasteiger partial charge is 0.494 e. The number of hydrogen-bond acceptors (Lipinski definition) is 7. The van der Waals surface area contributed by atoms with Crippen molar-refractivity contribution in [1.29, 1.82) is 0 Å². The van der Waals surface area contributed by atoms with E-state index in [1.807, 2.05) is 0 Å². The number of aromatic nitrogens is 4. The lowest BCUT2D eigenvalue weighted by Crippen LogP contribution is -2.49. The lowest BCUT2D eigenvalue weighted by atomic mass is 10.1. The van der Waals surface area contributed by atoms with E-state index in [9.17, 15) is 22.8 Å². The summed E-state index contributed by atoms with van der Waals surface area (Å²) in [4.78, 5) is 34.2. The highest BCUT2D eigenvalue weighted by Crippen LogP contribution is 2.39. The Labute approximate surface area is 211 Å². The van der Waals surface area contributed by atoms with Crippen molar-refractivity contribution >= 4 is 22.7 Å². The van der Waals surface area contributed by atoms with Gasteiger partial charge in [-0.2, -0.15) is 22.8 Å². The third-order valence-electron chi connectivity index (χ3n) is 6.13. The van der Waals surface area contributed by atoms with Crippen molar-refractivity contribution in [1.82, 2.24) is 24.9 Å². The van der Waals surface area contributed by atoms with E-state index in [2.05, 4.69) is 20.4 Å². The summed E-state index contributed by atoms with van der Waals surface area (Å²) in [6.45, 7) is 0.515. The molecule has 5 aromatic rings. The Balaban J connectivity index is 1.67. The third-order valence-corrected chi connectivity index (χ3v) is 6.13. The number of benzene rings is 2. The van der Waals surface area contributed by atoms with Crippen molar-refractivity contribution in [2.45, 2.75) is 12.2 Å². The van der Waals surface area contributed by atoms with Crippen molar-refractivity contribution in [3.8, 4) is 28.3 Å². The van der Waals surface area contributed by atoms with Gasteiger partial charge in [-0.1, -0.05) is 36.4 Å². The fourth-order valence-corrected chi connectivity index (χ4v) is 4.29. The number of halogens is 3. The summed E-state index contributed by atoms with van der Waals surface area (Å²) >= 11 is 0. The van der Waals surface area contributed by atoms with E-state index >= 15 is 0 Å². The maximum atomic E-state index is 14.1. The fourth-order valence-electron chi connectivity index (χ4n) is 4.29. The quantitative estimate of drug-likeness (QED) is 0.359. The summed E-state index contributed by atoms with van der Waals surface area (Å²) in [5.41, 5.74) is -3.02. The molecule has 2 N–H and O–H groups in total. The Kier molecular flexibility index (Phi) is 5.45. The summed E-state index contributed by atoms with van der Waals surface area (Å²) < 4.78 is 59.1. The average Bonchev–Trinajstić information content (AvgIpc) is 3.48. The lowest BCUT2D eigenvalue weighted by Gasteiger charge is -2.26. The Hall–Kier alpha value is -4.65. The fraction of sp³-hybridized carbons (Fsp3) is 0.200. The van der Waals surface area contributed by atoms with Gasteiger partial charge in [0, 0.05) is 0 Å². The van der Waals surface area contributed by atoms with Crippen molar-refractivity contribution < 1.29 is 31.9 Å². The molecule has 0 saturated carbocycles. The van der Waals surface area contributed by atoms with Crippen LogP contribution in [0, 0.1) is 0 Å². The molecule has 1 aliphatic rings. The van der Waals surface area contributed by atoms with Gasteiger partial charge in [-0.25, -0.2) is 4.98 Å². The van der Waals surface area contributed by atoms with Crippen LogP contribution >= 0.6 is 0 Å². The van der Waals surface area contributed by atoms with Gasteiger partial charge in [0.2, 0.25) is 5.89 Å². The molecule has 1 aliphatic heterocycles. The first-order chi connectivity index (χ1) is 18.3. The Bertz CT molecular complexity index is 1750. The number of ether oxygens (including phenoxy) is 2. The van der Waals surface area contributed by atoms with Crippen molar-refractivity contribution in [3.63, 3.8) is 0 Å². The van der Waals surface area contributed by atoms with Crippen LogP contribution in [0.4, 0.5) is 13.2 Å². The van der Waals surface area contributed by atoms with Crippen LogP contribution in [-0.2, 0) is 10.9 Å². The zero-order valence-corrected chi connectivity index (χ0v) is 19.6. The smallest absolute Gasteiger partial charge is 0.435 e. The molecule has 38 heavy (non-hydrogen) atoms. The van der Waals surface area contributed by atoms with E-state index in [1.165, 1.54) is 19.2 Å². The van der Waals surface area contributed by atoms with Crippen LogP contribution in [0.2, 0.25) is 0 Å². The second-order valence-corrected chi connectivity index (χ2v) is 8.56. The van der Waals surface area contributed by atoms with Gasteiger partial charge in [0.25, 0.3) is 11.5 Å². The van der Waals surface area contributed by atoms with Crippen LogP contribution in [0.1, 0.15) is 16.2 Å². The minimum atomic E-state index is -4.89. The third kappa shape index (κ3) is 3.78. The Morgan fingerprint density at radius 3 is 2.55 bits per heavy atom. The molecule has 0 aliphatic carbocycles. The van der Waals surface area contributed by atoms with Crippen LogP contribution in [0.3, 0.4) is 0 Å². The van der Waals surface area contributed by atoms with Gasteiger partial charge in [0.05, 0.1) is 31.9 Å². The number of carbonyl (C=O) groups excluding carboxylic acids is 1. The van der Waals surface area contributed by atoms with E-state index in [0.717, 1.165) is 0 Å². The predicted octanol–water partition coefficient (Wildman–Crippen LogP) is 3.65. The van der Waals surface area contributed by atoms with Crippen LogP contribution in [-0.4, -0.2) is 51.9 Å². The van der Waals surface area contributed by atoms with Crippen LogP contribution in [0.15, 0.2) is 57.7 Å². The number of rotatable bonds is 5. The maximum absolute atomic E-state index is 14.1. The van der Waals surface area contributed by atoms with Crippen LogP contribution in [0.5, 0.6) is 5.75 Å². The highest BCUT2D eigenvalue weighted by atomic mass is 19.4. The Morgan fingerprint density at radius 2 is 1.89 bits per heavy atom. The molecular weight excluding hydrogens is 507 g/mol. The van der Waals surface area contributed by atoms with Gasteiger partial charge in [-0.15, -0.1) is 0 Å². The summed E-state index contributed by atoms with van der Waals surface area (Å²) in [5, 5.41) is 6.33. The van der Waals surface area contributed by atoms with E-state index in [4.69, 9.17) is 13.9 Å². The summed E-state index contributed by atoms with van der Waals surface area (Å²) in [6.07, 6.45) is -4.89. The number of amides is 1. The number of aromatic amines is 1. The van der Waals surface area contributed by atoms with Crippen molar-refractivity contribution in [3.05, 3.63) is 70.3 Å². The monoisotopic (exact) mass is 525 g/mol. The molecule has 2 aromatic carbocycles. The summed E-state index contributed by atoms with van der Waals surface area (Å²) in [7, 11) is 1.43. The minimum absolute atomic E-state index is 0.156. The van der Waals surface area contributed by atoms with Gasteiger partial charge in [-0.3, -0.25) is 9.59 Å². The normalized spacial score (nSPS) is 14.1. The molecule has 1 amide bonds. The molecule has 194 valence electrons. The van der Waals surface area contributed by atoms with Crippen LogP contribution in [0.25, 0.3) is 39.3 Å². The lowest BCUT2D eigenvalue weighted by molar-refractivity contribution is -0.140. The molecule has 0 radical (unpaired) electrons. The van der Waals surface area contributed by atoms with Crippen molar-refractivity contribution in [2.24, 2.45) is 0 Å². The first-order valence-corrected chi connectivity index (χ1v) is 11.4. The second kappa shape index (κ2) is 8.73. The minimum Gasteiger partial charge on any atom is -0.494 e. The number of oxazole rings is 1. The number of hydrogen-bond donors (Lipinski definition) is 2. The van der Waals surface area contributed by atoms with Crippen LogP contribution < -0.4 is 15.6 Å². The molecule has 10 nitrogen and oxygen atoms in total. The van der Waals surface area contributed by atoms with Gasteiger partial charge in [-0.05, 0) is 17.7 Å². The molecule has 1 saturated heterocycles. The summed E-state index contributed by atoms with van der Waals surface area (Å²) in [5.74, 6) is -0.679. The molecular formula is C25H18F3N5O5. The van der Waals surface area contributed by atoms with E-state index in [-0.39, 0.29) is 64.3 Å². The highest BCUT2D eigenvalue weighted by molar-refractivity contribution is 6.00. The van der Waals surface area contributed by atoms with Gasteiger partial charge < -0.3 is 24.2 Å². The first-order valence-electron chi connectivity index (χ1n) is 11.4. The molecule has 4 heterocycles. The molecule has 1 fully saturated rings. The zero-order valence-electron chi connectivity index (χ0n) is 19.6. The number of alkyl halides is 3. The van der Waals surface area contributed by atoms with Gasteiger partial charge in [0.15, 0.2) is 16.8 Å². The number of nitrogens with zero attached hydrogens (tertiary/aromatic N) is 3. The predicted molar refractivity (Wildman–Crippen MR) is 128 cm³/mol. The van der Waals surface area contributed by atoms with E-state index in [1.54, 1.807) is 36.4 Å². The number of H-pyrrole nitrogens is 1. The number of methoxy groups -OCH3 is 1. The number of para-hydroxylation sites is 1. The molecule has 3 aromatic heterocycles. The van der Waals surface area contributed by atoms with Crippen molar-refractivity contribution in [2.75, 3.05) is 20.3 Å². The molecule has 6 rings (SSSR count). The Morgan fingerprint density at radius 1 is 1.13 bits per heavy atom. The van der Waals surface area contributed by atoms with Gasteiger partial charge >= 0.3 is 6.18 Å². The SMILES string of the molecule is COc1cccc2oc(-c3c(C(=O)NC4COC4)[nH]c4c(-c5ccccc5)c(C(F)(F)F)nn4c3=O)nc12. The second-order valence-electron chi connectivity index (χ2n) is 8.56. The zero-order chi connectivity index (χ0) is 26.6. The number of carbonyl (C=O) groups is 1. The number of nitrogens with one attached hydrogen (secondary N) is 2. The van der Waals surface area contributed by atoms with E-state index < -0.39 is 23.3 Å². The molecule has 13 heteroatoms. The topological polar surface area (TPSA) is 124 Å². The number of fused-ring (bicyclic) bond motifs is 2. The molecule has 0 unspecified atom stereocenters. The molecule has 0 atom stereocenters. The standard InChI is InChI=1S/C25H18F3N5O5/c1-36-14-8-5-9-15-18(14)31-23(38-15)17-19(22(34)29-13-10-37-11-13)30-21-16(12-6-3-2-4-7-12)20(25(26,27)28)32-33(21)24(17)35/h2-9,13,30H,10-11H2,1H3,(H,29,34). The highest BCUT2D eigenvalue weighted by Gasteiger charge is 2.40. The van der Waals surface area contributed by atoms with E-state index in [0.29, 0.717) is 10.3 Å². The maximum Gasteiger partial charge on any atom is 0.435 e. The molecule has 0 spiro atoms. The summed E-state index contributed by atoms with van der Waals surface area (Å²) in [6, 6.07) is 12.2. The average molecular weight is 525 g/mol. The molecule has 0 bridgehead atoms. The van der Waals surface area contributed by atoms with Gasteiger partial charge in [0.1, 0.15) is 22.7 Å². The first kappa shape index (κ1) is 23.7.